The molecular formula is C28H27N3O5. The Labute approximate surface area is 208 Å². The van der Waals surface area contributed by atoms with Crippen molar-refractivity contribution in [3.63, 3.8) is 0 Å². The fourth-order valence-electron chi connectivity index (χ4n) is 5.48. The molecule has 6 rings (SSSR count). The van der Waals surface area contributed by atoms with Crippen LogP contribution >= 0.6 is 0 Å². The minimum Gasteiger partial charge on any atom is -0.502 e. The van der Waals surface area contributed by atoms with Gasteiger partial charge in [0, 0.05) is 12.7 Å². The Bertz CT molecular complexity index is 1390. The van der Waals surface area contributed by atoms with Crippen LogP contribution in [-0.4, -0.2) is 46.9 Å². The van der Waals surface area contributed by atoms with E-state index in [-0.39, 0.29) is 24.0 Å². The number of methoxy groups -OCH3 is 1. The molecule has 8 nitrogen and oxygen atoms in total. The molecule has 0 bridgehead atoms. The molecule has 0 radical (unpaired) electrons. The van der Waals surface area contributed by atoms with E-state index in [1.807, 2.05) is 29.3 Å². The lowest BCUT2D eigenvalue weighted by Crippen LogP contribution is -2.56. The molecule has 184 valence electrons. The number of nitrogens with zero attached hydrogens (tertiary/aromatic N) is 3. The number of carbonyl (C=O) groups excluding carboxylic acids is 2. The zero-order valence-corrected chi connectivity index (χ0v) is 20.0. The second kappa shape index (κ2) is 8.55. The van der Waals surface area contributed by atoms with E-state index in [4.69, 9.17) is 4.74 Å². The fraction of sp³-hybridized carbons (Fsp3) is 0.321. The van der Waals surface area contributed by atoms with Crippen LogP contribution in [0.25, 0.3) is 0 Å². The number of benzene rings is 2. The summed E-state index contributed by atoms with van der Waals surface area (Å²) in [5.74, 6) is -1.60. The van der Waals surface area contributed by atoms with E-state index in [0.29, 0.717) is 12.5 Å². The number of hydrogen-bond acceptors (Lipinski definition) is 6. The van der Waals surface area contributed by atoms with E-state index in [1.54, 1.807) is 4.90 Å². The monoisotopic (exact) mass is 485 g/mol. The highest BCUT2D eigenvalue weighted by molar-refractivity contribution is 5.98. The molecule has 8 heteroatoms. The summed E-state index contributed by atoms with van der Waals surface area (Å²) < 4.78 is 6.31. The van der Waals surface area contributed by atoms with Crippen LogP contribution in [0.1, 0.15) is 62.0 Å². The molecule has 1 aromatic heterocycles. The van der Waals surface area contributed by atoms with Crippen molar-refractivity contribution in [2.24, 2.45) is 5.92 Å². The van der Waals surface area contributed by atoms with Gasteiger partial charge in [-0.25, -0.2) is 4.79 Å². The number of pyridine rings is 1. The van der Waals surface area contributed by atoms with Crippen molar-refractivity contribution >= 4 is 11.9 Å². The molecule has 2 aliphatic carbocycles. The first kappa shape index (κ1) is 22.4. The van der Waals surface area contributed by atoms with Gasteiger partial charge < -0.3 is 14.7 Å². The third-order valence-corrected chi connectivity index (χ3v) is 7.49. The Morgan fingerprint density at radius 2 is 1.61 bits per heavy atom. The van der Waals surface area contributed by atoms with Gasteiger partial charge in [0.15, 0.2) is 11.4 Å². The van der Waals surface area contributed by atoms with Crippen LogP contribution in [0.15, 0.2) is 59.5 Å². The molecule has 1 fully saturated rings. The second-order valence-corrected chi connectivity index (χ2v) is 9.76. The molecule has 2 aromatic carbocycles. The maximum absolute atomic E-state index is 13.6. The first-order valence-corrected chi connectivity index (χ1v) is 12.3. The van der Waals surface area contributed by atoms with Crippen molar-refractivity contribution in [2.45, 2.75) is 31.7 Å². The summed E-state index contributed by atoms with van der Waals surface area (Å²) in [6, 6.07) is 16.2. The maximum atomic E-state index is 13.6. The van der Waals surface area contributed by atoms with E-state index in [0.717, 1.165) is 36.8 Å². The van der Waals surface area contributed by atoms with Crippen molar-refractivity contribution < 1.29 is 19.4 Å². The molecule has 3 aliphatic rings. The number of aromatic hydroxyl groups is 1. The Balaban J connectivity index is 1.61. The molecule has 36 heavy (non-hydrogen) atoms. The smallest absolute Gasteiger partial charge is 0.343 e. The van der Waals surface area contributed by atoms with E-state index in [2.05, 4.69) is 24.3 Å². The molecular weight excluding hydrogens is 458 g/mol. The Morgan fingerprint density at radius 3 is 2.19 bits per heavy atom. The van der Waals surface area contributed by atoms with Crippen LogP contribution in [-0.2, 0) is 17.6 Å². The highest BCUT2D eigenvalue weighted by Crippen LogP contribution is 2.39. The van der Waals surface area contributed by atoms with Crippen LogP contribution in [0.5, 0.6) is 5.75 Å². The highest BCUT2D eigenvalue weighted by atomic mass is 16.5. The lowest BCUT2D eigenvalue weighted by molar-refractivity contribution is 0.0589. The predicted molar refractivity (Wildman–Crippen MR) is 133 cm³/mol. The van der Waals surface area contributed by atoms with Crippen LogP contribution in [0.3, 0.4) is 0 Å². The molecule has 0 atom stereocenters. The number of carbonyl (C=O) groups is 2. The molecule has 1 saturated carbocycles. The molecule has 1 amide bonds. The fourth-order valence-corrected chi connectivity index (χ4v) is 5.48. The standard InChI is InChI=1S/C28H27N3O5/c1-36-28(35)22-15-30-24(26(33)25(22)32)27(34)29(14-17-10-11-17)16-31(30)23-20-8-4-2-6-18(20)12-13-19-7-3-5-9-21(19)23/h2-9,15,17,23,33H,10-14,16H2,1H3. The van der Waals surface area contributed by atoms with Crippen molar-refractivity contribution in [3.8, 4) is 5.75 Å². The van der Waals surface area contributed by atoms with Crippen molar-refractivity contribution in [1.82, 2.24) is 9.58 Å². The Morgan fingerprint density at radius 1 is 1.00 bits per heavy atom. The normalized spacial score (nSPS) is 17.2. The first-order valence-electron chi connectivity index (χ1n) is 12.3. The van der Waals surface area contributed by atoms with Gasteiger partial charge in [0.2, 0.25) is 5.43 Å². The average molecular weight is 486 g/mol. The van der Waals surface area contributed by atoms with Crippen molar-refractivity contribution in [1.29, 1.82) is 0 Å². The topological polar surface area (TPSA) is 92.1 Å². The minimum atomic E-state index is -0.906. The van der Waals surface area contributed by atoms with Gasteiger partial charge in [-0.1, -0.05) is 48.5 Å². The Kier molecular flexibility index (Phi) is 5.32. The van der Waals surface area contributed by atoms with E-state index in [1.165, 1.54) is 29.1 Å². The number of amides is 1. The summed E-state index contributed by atoms with van der Waals surface area (Å²) in [5.41, 5.74) is 3.23. The van der Waals surface area contributed by atoms with Gasteiger partial charge in [0.1, 0.15) is 12.2 Å². The second-order valence-electron chi connectivity index (χ2n) is 9.76. The van der Waals surface area contributed by atoms with Crippen LogP contribution in [0.4, 0.5) is 0 Å². The number of ether oxygens (including phenoxy) is 1. The summed E-state index contributed by atoms with van der Waals surface area (Å²) in [6.07, 6.45) is 5.19. The van der Waals surface area contributed by atoms with Crippen molar-refractivity contribution in [3.05, 3.63) is 98.5 Å². The van der Waals surface area contributed by atoms with Crippen molar-refractivity contribution in [2.75, 3.05) is 25.3 Å². The molecule has 0 spiro atoms. The lowest BCUT2D eigenvalue weighted by atomic mass is 9.94. The zero-order chi connectivity index (χ0) is 25.0. The molecule has 1 aliphatic heterocycles. The molecule has 0 unspecified atom stereocenters. The maximum Gasteiger partial charge on any atom is 0.343 e. The number of rotatable bonds is 4. The summed E-state index contributed by atoms with van der Waals surface area (Å²) in [4.78, 5) is 40.6. The SMILES string of the molecule is COC(=O)c1cn2c(c(O)c1=O)C(=O)N(CC1CC1)CN2C1c2ccccc2CCc2ccccc21. The van der Waals surface area contributed by atoms with Gasteiger partial charge in [-0.3, -0.25) is 19.3 Å². The zero-order valence-electron chi connectivity index (χ0n) is 20.0. The number of aryl methyl sites for hydroxylation is 2. The Hall–Kier alpha value is -4.07. The van der Waals surface area contributed by atoms with E-state index in [9.17, 15) is 19.5 Å². The van der Waals surface area contributed by atoms with E-state index < -0.39 is 23.1 Å². The highest BCUT2D eigenvalue weighted by Gasteiger charge is 2.41. The van der Waals surface area contributed by atoms with Crippen LogP contribution < -0.4 is 10.4 Å². The summed E-state index contributed by atoms with van der Waals surface area (Å²) in [6.45, 7) is 0.802. The molecule has 0 saturated heterocycles. The predicted octanol–water partition coefficient (Wildman–Crippen LogP) is 2.99. The van der Waals surface area contributed by atoms with Crippen LogP contribution in [0.2, 0.25) is 0 Å². The van der Waals surface area contributed by atoms with Gasteiger partial charge in [-0.15, -0.1) is 0 Å². The molecule has 2 heterocycles. The lowest BCUT2D eigenvalue weighted by Gasteiger charge is -2.44. The van der Waals surface area contributed by atoms with Gasteiger partial charge in [0.05, 0.1) is 13.2 Å². The number of hydrogen-bond donors (Lipinski definition) is 1. The molecule has 1 N–H and O–H groups in total. The van der Waals surface area contributed by atoms with E-state index >= 15 is 0 Å². The summed E-state index contributed by atoms with van der Waals surface area (Å²) >= 11 is 0. The largest absolute Gasteiger partial charge is 0.502 e. The number of esters is 1. The number of aromatic nitrogens is 1. The van der Waals surface area contributed by atoms with Gasteiger partial charge >= 0.3 is 5.97 Å². The molecule has 3 aromatic rings. The third-order valence-electron chi connectivity index (χ3n) is 7.49. The summed E-state index contributed by atoms with van der Waals surface area (Å²) in [7, 11) is 1.18. The van der Waals surface area contributed by atoms with Crippen LogP contribution in [0, 0.1) is 5.92 Å². The van der Waals surface area contributed by atoms with Gasteiger partial charge in [0.25, 0.3) is 5.91 Å². The quantitative estimate of drug-likeness (QED) is 0.572. The average Bonchev–Trinajstić information content (AvgIpc) is 3.73. The summed E-state index contributed by atoms with van der Waals surface area (Å²) in [5, 5.41) is 12.9. The van der Waals surface area contributed by atoms with Gasteiger partial charge in [-0.2, -0.15) is 0 Å². The number of fused-ring (bicyclic) bond motifs is 3. The third kappa shape index (κ3) is 3.56. The first-order chi connectivity index (χ1) is 17.5. The van der Waals surface area contributed by atoms with Gasteiger partial charge in [-0.05, 0) is 53.9 Å². The minimum absolute atomic E-state index is 0.126.